The predicted molar refractivity (Wildman–Crippen MR) is 118 cm³/mol. The van der Waals surface area contributed by atoms with Crippen LogP contribution in [0.3, 0.4) is 0 Å². The van der Waals surface area contributed by atoms with Crippen molar-refractivity contribution in [2.45, 2.75) is 13.8 Å². The molecule has 0 aliphatic rings. The minimum Gasteiger partial charge on any atom is -0.466 e. The zero-order chi connectivity index (χ0) is 20.7. The van der Waals surface area contributed by atoms with Crippen LogP contribution in [0, 0.1) is 17.4 Å². The van der Waals surface area contributed by atoms with E-state index >= 15 is 0 Å². The van der Waals surface area contributed by atoms with Gasteiger partial charge in [0.15, 0.2) is 0 Å². The summed E-state index contributed by atoms with van der Waals surface area (Å²) in [5, 5.41) is 0. The number of ether oxygens (including phenoxy) is 2. The first-order chi connectivity index (χ1) is 12.8. The smallest absolute Gasteiger partial charge is 0.330 e. The molecule has 4 nitrogen and oxygen atoms in total. The fraction of sp³-hybridized carbons (Fsp3) is 0.182. The van der Waals surface area contributed by atoms with E-state index in [1.165, 1.54) is 35.0 Å². The number of methoxy groups -OCH3 is 2. The Balaban J connectivity index is 0.000000413. The van der Waals surface area contributed by atoms with E-state index in [1.54, 1.807) is 6.08 Å². The van der Waals surface area contributed by atoms with Crippen LogP contribution in [0.25, 0.3) is 6.08 Å². The average Bonchev–Trinajstić information content (AvgIpc) is 2.69. The maximum atomic E-state index is 10.7. The maximum absolute atomic E-state index is 10.7. The van der Waals surface area contributed by atoms with Crippen LogP contribution in [0.1, 0.15) is 16.7 Å². The summed E-state index contributed by atoms with van der Waals surface area (Å²) in [5.41, 5.74) is 3.52. The lowest BCUT2D eigenvalue weighted by Crippen LogP contribution is -1.93. The van der Waals surface area contributed by atoms with E-state index in [1.807, 2.05) is 31.2 Å². The van der Waals surface area contributed by atoms with Gasteiger partial charge in [-0.3, -0.25) is 0 Å². The van der Waals surface area contributed by atoms with E-state index in [4.69, 9.17) is 0 Å². The second-order valence-corrected chi connectivity index (χ2v) is 6.54. The second kappa shape index (κ2) is 14.7. The van der Waals surface area contributed by atoms with Crippen molar-refractivity contribution in [1.82, 2.24) is 0 Å². The van der Waals surface area contributed by atoms with Crippen LogP contribution in [-0.2, 0) is 19.1 Å². The van der Waals surface area contributed by atoms with Crippen LogP contribution in [0.2, 0.25) is 0 Å². The van der Waals surface area contributed by atoms with E-state index in [9.17, 15) is 9.59 Å². The first-order valence-corrected chi connectivity index (χ1v) is 9.15. The molecular weight excluding hydrogens is 455 g/mol. The first kappa shape index (κ1) is 24.6. The Labute approximate surface area is 175 Å². The van der Waals surface area contributed by atoms with Crippen molar-refractivity contribution in [2.75, 3.05) is 14.2 Å². The highest BCUT2D eigenvalue weighted by Crippen LogP contribution is 2.05. The molecule has 0 N–H and O–H groups in total. The van der Waals surface area contributed by atoms with Crippen LogP contribution in [0.5, 0.6) is 0 Å². The zero-order valence-corrected chi connectivity index (χ0v) is 18.2. The number of benzene rings is 2. The third-order valence-corrected chi connectivity index (χ3v) is 3.79. The van der Waals surface area contributed by atoms with Gasteiger partial charge in [-0.2, -0.15) is 0 Å². The van der Waals surface area contributed by atoms with Gasteiger partial charge in [-0.25, -0.2) is 9.59 Å². The summed E-state index contributed by atoms with van der Waals surface area (Å²) in [7, 11) is 2.67. The zero-order valence-electron chi connectivity index (χ0n) is 16.1. The molecule has 0 saturated carbocycles. The van der Waals surface area contributed by atoms with E-state index in [-0.39, 0.29) is 5.97 Å². The third-order valence-electron chi connectivity index (χ3n) is 3.07. The largest absolute Gasteiger partial charge is 0.466 e. The molecule has 0 aliphatic heterocycles. The molecule has 144 valence electrons. The molecule has 0 fully saturated rings. The predicted octanol–water partition coefficient (Wildman–Crippen LogP) is 5.13. The maximum Gasteiger partial charge on any atom is 0.330 e. The number of hydrogen-bond donors (Lipinski definition) is 0. The number of esters is 2. The Morgan fingerprint density at radius 2 is 1.30 bits per heavy atom. The monoisotopic (exact) mass is 480 g/mol. The summed E-state index contributed by atoms with van der Waals surface area (Å²) in [6.45, 7) is 7.27. The van der Waals surface area contributed by atoms with Crippen molar-refractivity contribution in [1.29, 1.82) is 0 Å². The molecule has 0 atom stereocenters. The van der Waals surface area contributed by atoms with E-state index in [0.717, 1.165) is 11.6 Å². The number of halogens is 1. The summed E-state index contributed by atoms with van der Waals surface area (Å²) in [4.78, 5) is 20.6. The van der Waals surface area contributed by atoms with Gasteiger partial charge in [-0.05, 0) is 60.2 Å². The van der Waals surface area contributed by atoms with Crippen molar-refractivity contribution >= 4 is 40.6 Å². The molecule has 0 aromatic heterocycles. The quantitative estimate of drug-likeness (QED) is 0.348. The van der Waals surface area contributed by atoms with Gasteiger partial charge in [0.2, 0.25) is 0 Å². The highest BCUT2D eigenvalue weighted by atomic mass is 127. The molecular formula is C22H25IO4. The Kier molecular flexibility index (Phi) is 13.4. The van der Waals surface area contributed by atoms with Gasteiger partial charge in [0, 0.05) is 15.7 Å². The lowest BCUT2D eigenvalue weighted by atomic mass is 10.1. The van der Waals surface area contributed by atoms with Crippen LogP contribution >= 0.6 is 22.6 Å². The van der Waals surface area contributed by atoms with Crippen LogP contribution in [0.15, 0.2) is 67.3 Å². The van der Waals surface area contributed by atoms with Gasteiger partial charge in [-0.15, -0.1) is 0 Å². The molecule has 0 aliphatic carbocycles. The summed E-state index contributed by atoms with van der Waals surface area (Å²) in [6.07, 6.45) is 4.25. The van der Waals surface area contributed by atoms with Gasteiger partial charge >= 0.3 is 11.9 Å². The summed E-state index contributed by atoms with van der Waals surface area (Å²) in [6, 6.07) is 16.3. The number of carbonyl (C=O) groups excluding carboxylic acids is 2. The molecule has 5 heteroatoms. The van der Waals surface area contributed by atoms with Crippen LogP contribution in [0.4, 0.5) is 0 Å². The second-order valence-electron chi connectivity index (χ2n) is 5.29. The molecule has 2 aromatic rings. The molecule has 27 heavy (non-hydrogen) atoms. The van der Waals surface area contributed by atoms with E-state index in [0.29, 0.717) is 0 Å². The minimum atomic E-state index is -0.394. The van der Waals surface area contributed by atoms with E-state index < -0.39 is 5.97 Å². The molecule has 2 rings (SSSR count). The average molecular weight is 480 g/mol. The normalized spacial score (nSPS) is 9.22. The SMILES string of the molecule is C=CC(=O)OC.COC(=O)/C=C/c1ccc(C)cc1.Cc1ccc(I)cc1. The molecule has 0 amide bonds. The number of hydrogen-bond acceptors (Lipinski definition) is 4. The Bertz CT molecular complexity index is 711. The number of carbonyl (C=O) groups is 2. The van der Waals surface area contributed by atoms with Crippen molar-refractivity contribution in [3.05, 3.63) is 87.5 Å². The first-order valence-electron chi connectivity index (χ1n) is 8.07. The Morgan fingerprint density at radius 3 is 1.63 bits per heavy atom. The molecule has 0 radical (unpaired) electrons. The molecule has 2 aromatic carbocycles. The van der Waals surface area contributed by atoms with Crippen LogP contribution < -0.4 is 0 Å². The molecule has 0 saturated heterocycles. The van der Waals surface area contributed by atoms with E-state index in [2.05, 4.69) is 69.8 Å². The van der Waals surface area contributed by atoms with Gasteiger partial charge in [0.05, 0.1) is 14.2 Å². The molecule has 0 heterocycles. The van der Waals surface area contributed by atoms with Gasteiger partial charge in [0.1, 0.15) is 0 Å². The van der Waals surface area contributed by atoms with Crippen molar-refractivity contribution in [3.63, 3.8) is 0 Å². The van der Waals surface area contributed by atoms with Crippen molar-refractivity contribution in [3.8, 4) is 0 Å². The molecule has 0 unspecified atom stereocenters. The number of rotatable bonds is 3. The summed E-state index contributed by atoms with van der Waals surface area (Å²) < 4.78 is 9.91. The lowest BCUT2D eigenvalue weighted by molar-refractivity contribution is -0.135. The molecule has 0 spiro atoms. The third kappa shape index (κ3) is 13.5. The minimum absolute atomic E-state index is 0.333. The van der Waals surface area contributed by atoms with Gasteiger partial charge in [-0.1, -0.05) is 54.1 Å². The van der Waals surface area contributed by atoms with Crippen molar-refractivity contribution < 1.29 is 19.1 Å². The van der Waals surface area contributed by atoms with Gasteiger partial charge in [0.25, 0.3) is 0 Å². The number of aryl methyl sites for hydroxylation is 2. The van der Waals surface area contributed by atoms with Gasteiger partial charge < -0.3 is 9.47 Å². The fourth-order valence-electron chi connectivity index (χ4n) is 1.53. The standard InChI is InChI=1S/C11H12O2.C7H7I.C4H6O2/c1-9-3-5-10(6-4-9)7-8-11(12)13-2;1-6-2-4-7(8)5-3-6;1-3-4(5)6-2/h3-8H,1-2H3;2-5H,1H3;3H,1H2,2H3/b8-7+;;. The Morgan fingerprint density at radius 1 is 0.852 bits per heavy atom. The Hall–Kier alpha value is -2.41. The van der Waals surface area contributed by atoms with Crippen molar-refractivity contribution in [2.24, 2.45) is 0 Å². The summed E-state index contributed by atoms with van der Waals surface area (Å²) >= 11 is 2.30. The highest BCUT2D eigenvalue weighted by molar-refractivity contribution is 14.1. The summed E-state index contributed by atoms with van der Waals surface area (Å²) in [5.74, 6) is -0.726. The topological polar surface area (TPSA) is 52.6 Å². The fourth-order valence-corrected chi connectivity index (χ4v) is 1.89. The molecule has 0 bridgehead atoms. The lowest BCUT2D eigenvalue weighted by Gasteiger charge is -1.94. The van der Waals surface area contributed by atoms with Crippen LogP contribution in [-0.4, -0.2) is 26.2 Å². The highest BCUT2D eigenvalue weighted by Gasteiger charge is 1.91.